The number of alkyl halides is 5. The zero-order chi connectivity index (χ0) is 19.1. The molecule has 1 aromatic carbocycles. The third kappa shape index (κ3) is 3.54. The molecule has 0 amide bonds. The van der Waals surface area contributed by atoms with E-state index >= 15 is 0 Å². The molecule has 2 heterocycles. The second-order valence-electron chi connectivity index (χ2n) is 5.17. The van der Waals surface area contributed by atoms with Gasteiger partial charge in [-0.1, -0.05) is 29.8 Å². The van der Waals surface area contributed by atoms with Gasteiger partial charge in [0.15, 0.2) is 5.65 Å². The fraction of sp³-hybridized carbons (Fsp3) is 0.125. The summed E-state index contributed by atoms with van der Waals surface area (Å²) in [5.74, 6) is -1.67. The summed E-state index contributed by atoms with van der Waals surface area (Å²) >= 11 is 5.74. The monoisotopic (exact) mass is 406 g/mol. The van der Waals surface area contributed by atoms with Gasteiger partial charge in [0.2, 0.25) is 0 Å². The van der Waals surface area contributed by atoms with Crippen LogP contribution in [0.15, 0.2) is 53.7 Å². The van der Waals surface area contributed by atoms with Crippen LogP contribution in [0.1, 0.15) is 16.1 Å². The molecule has 0 bridgehead atoms. The largest absolute Gasteiger partial charge is 0.417 e. The number of benzene rings is 1. The second-order valence-corrected chi connectivity index (χ2v) is 6.77. The van der Waals surface area contributed by atoms with Gasteiger partial charge in [0.1, 0.15) is 5.69 Å². The van der Waals surface area contributed by atoms with Gasteiger partial charge < -0.3 is 0 Å². The molecule has 0 N–H and O–H groups in total. The number of aromatic nitrogens is 2. The maximum atomic E-state index is 14.3. The van der Waals surface area contributed by atoms with Gasteiger partial charge in [0.25, 0.3) is 5.78 Å². The molecule has 3 aromatic rings. The molecule has 0 spiro atoms. The Morgan fingerprint density at radius 1 is 1.12 bits per heavy atom. The number of thioether (sulfide) groups is 1. The van der Waals surface area contributed by atoms with E-state index in [1.165, 1.54) is 24.3 Å². The van der Waals surface area contributed by atoms with Crippen molar-refractivity contribution < 1.29 is 26.7 Å². The first-order valence-corrected chi connectivity index (χ1v) is 8.19. The third-order valence-electron chi connectivity index (χ3n) is 3.37. The molecule has 136 valence electrons. The molecule has 3 rings (SSSR count). The summed E-state index contributed by atoms with van der Waals surface area (Å²) in [5.41, 5.74) is -2.09. The van der Waals surface area contributed by atoms with Crippen LogP contribution in [0.5, 0.6) is 0 Å². The van der Waals surface area contributed by atoms with E-state index in [0.717, 1.165) is 6.20 Å². The Bertz CT molecular complexity index is 972. The minimum absolute atomic E-state index is 0.00447. The maximum absolute atomic E-state index is 14.3. The number of carbonyl (C=O) groups is 1. The standard InChI is InChI=1S/C16H8ClF5N2OS/c17-11-6-9(15(18,19)20)8-24-12(7-23-14(11)24)13(25)16(21,22)26-10-4-2-1-3-5-10/h1-8H. The number of imidazole rings is 1. The Labute approximate surface area is 152 Å². The Morgan fingerprint density at radius 2 is 1.77 bits per heavy atom. The fourth-order valence-corrected chi connectivity index (χ4v) is 3.24. The summed E-state index contributed by atoms with van der Waals surface area (Å²) in [6.07, 6.45) is -3.46. The minimum atomic E-state index is -4.76. The molecule has 2 aromatic heterocycles. The number of carbonyl (C=O) groups excluding carboxylic acids is 1. The van der Waals surface area contributed by atoms with Crippen molar-refractivity contribution in [3.05, 3.63) is 65.1 Å². The molecular formula is C16H8ClF5N2OS. The van der Waals surface area contributed by atoms with Crippen LogP contribution in [-0.4, -0.2) is 20.4 Å². The molecule has 0 radical (unpaired) electrons. The van der Waals surface area contributed by atoms with Crippen LogP contribution >= 0.6 is 23.4 Å². The lowest BCUT2D eigenvalue weighted by atomic mass is 10.2. The molecule has 0 saturated carbocycles. The van der Waals surface area contributed by atoms with Crippen molar-refractivity contribution in [3.8, 4) is 0 Å². The Hall–Kier alpha value is -2.13. The van der Waals surface area contributed by atoms with Gasteiger partial charge in [-0.25, -0.2) is 4.98 Å². The molecule has 0 aliphatic rings. The molecule has 0 aliphatic carbocycles. The van der Waals surface area contributed by atoms with Gasteiger partial charge >= 0.3 is 11.4 Å². The number of fused-ring (bicyclic) bond motifs is 1. The number of rotatable bonds is 4. The number of hydrogen-bond donors (Lipinski definition) is 0. The predicted molar refractivity (Wildman–Crippen MR) is 86.8 cm³/mol. The number of pyridine rings is 1. The quantitative estimate of drug-likeness (QED) is 0.322. The average Bonchev–Trinajstić information content (AvgIpc) is 2.98. The smallest absolute Gasteiger partial charge is 0.295 e. The number of halogens is 6. The van der Waals surface area contributed by atoms with E-state index in [1.54, 1.807) is 6.07 Å². The second kappa shape index (κ2) is 6.55. The first-order valence-electron chi connectivity index (χ1n) is 7.00. The van der Waals surface area contributed by atoms with Crippen molar-refractivity contribution in [2.24, 2.45) is 0 Å². The summed E-state index contributed by atoms with van der Waals surface area (Å²) in [7, 11) is 0. The Morgan fingerprint density at radius 3 is 2.38 bits per heavy atom. The van der Waals surface area contributed by atoms with Crippen LogP contribution in [0.25, 0.3) is 5.65 Å². The van der Waals surface area contributed by atoms with E-state index < -0.39 is 33.5 Å². The van der Waals surface area contributed by atoms with Crippen LogP contribution in [0.4, 0.5) is 22.0 Å². The average molecular weight is 407 g/mol. The molecule has 0 aliphatic heterocycles. The zero-order valence-corrected chi connectivity index (χ0v) is 14.2. The first-order chi connectivity index (χ1) is 12.1. The van der Waals surface area contributed by atoms with E-state index in [9.17, 15) is 26.7 Å². The number of hydrogen-bond acceptors (Lipinski definition) is 3. The molecule has 10 heteroatoms. The van der Waals surface area contributed by atoms with E-state index in [1.807, 2.05) is 0 Å². The Kier molecular flexibility index (Phi) is 4.70. The SMILES string of the molecule is O=C(c1cnc2c(Cl)cc(C(F)(F)F)cn12)C(F)(F)Sc1ccccc1. The molecule has 26 heavy (non-hydrogen) atoms. The predicted octanol–water partition coefficient (Wildman–Crippen LogP) is 5.57. The van der Waals surface area contributed by atoms with Crippen molar-refractivity contribution in [2.75, 3.05) is 0 Å². The van der Waals surface area contributed by atoms with Crippen molar-refractivity contribution >= 4 is 34.8 Å². The van der Waals surface area contributed by atoms with Crippen molar-refractivity contribution in [2.45, 2.75) is 16.3 Å². The highest BCUT2D eigenvalue weighted by molar-refractivity contribution is 8.01. The molecule has 0 unspecified atom stereocenters. The van der Waals surface area contributed by atoms with Crippen LogP contribution in [0.3, 0.4) is 0 Å². The normalized spacial score (nSPS) is 12.5. The first kappa shape index (κ1) is 18.7. The van der Waals surface area contributed by atoms with Gasteiger partial charge in [0.05, 0.1) is 16.8 Å². The Balaban J connectivity index is 2.04. The van der Waals surface area contributed by atoms with Gasteiger partial charge in [-0.2, -0.15) is 22.0 Å². The summed E-state index contributed by atoms with van der Waals surface area (Å²) in [5, 5.41) is -4.31. The van der Waals surface area contributed by atoms with Gasteiger partial charge in [0, 0.05) is 11.1 Å². The maximum Gasteiger partial charge on any atom is 0.417 e. The van der Waals surface area contributed by atoms with E-state index in [4.69, 9.17) is 11.6 Å². The van der Waals surface area contributed by atoms with E-state index in [-0.39, 0.29) is 22.3 Å². The summed E-state index contributed by atoms with van der Waals surface area (Å²) < 4.78 is 68.1. The van der Waals surface area contributed by atoms with Crippen LogP contribution < -0.4 is 0 Å². The highest BCUT2D eigenvalue weighted by Crippen LogP contribution is 2.39. The van der Waals surface area contributed by atoms with Gasteiger partial charge in [-0.3, -0.25) is 9.20 Å². The van der Waals surface area contributed by atoms with Crippen molar-refractivity contribution in [1.29, 1.82) is 0 Å². The van der Waals surface area contributed by atoms with Gasteiger partial charge in [-0.15, -0.1) is 0 Å². The summed E-state index contributed by atoms with van der Waals surface area (Å²) in [6.45, 7) is 0. The summed E-state index contributed by atoms with van der Waals surface area (Å²) in [6, 6.07) is 8.06. The van der Waals surface area contributed by atoms with Crippen LogP contribution in [0.2, 0.25) is 5.02 Å². The number of ketones is 1. The molecule has 0 atom stereocenters. The highest BCUT2D eigenvalue weighted by atomic mass is 35.5. The molecule has 0 saturated heterocycles. The third-order valence-corrected chi connectivity index (χ3v) is 4.60. The molecule has 3 nitrogen and oxygen atoms in total. The number of nitrogens with zero attached hydrogens (tertiary/aromatic N) is 2. The van der Waals surface area contributed by atoms with E-state index in [0.29, 0.717) is 16.7 Å². The van der Waals surface area contributed by atoms with Crippen LogP contribution in [-0.2, 0) is 6.18 Å². The topological polar surface area (TPSA) is 34.4 Å². The molecule has 0 fully saturated rings. The van der Waals surface area contributed by atoms with E-state index in [2.05, 4.69) is 4.98 Å². The number of Topliss-reactive ketones (excluding diaryl/α,β-unsaturated/α-hetero) is 1. The lowest BCUT2D eigenvalue weighted by Crippen LogP contribution is -2.26. The summed E-state index contributed by atoms with van der Waals surface area (Å²) in [4.78, 5) is 16.1. The zero-order valence-electron chi connectivity index (χ0n) is 12.6. The molecular weight excluding hydrogens is 399 g/mol. The lowest BCUT2D eigenvalue weighted by molar-refractivity contribution is -0.137. The fourth-order valence-electron chi connectivity index (χ4n) is 2.20. The van der Waals surface area contributed by atoms with Crippen molar-refractivity contribution in [1.82, 2.24) is 9.38 Å². The minimum Gasteiger partial charge on any atom is -0.295 e. The van der Waals surface area contributed by atoms with Crippen molar-refractivity contribution in [3.63, 3.8) is 0 Å². The lowest BCUT2D eigenvalue weighted by Gasteiger charge is -2.15. The van der Waals surface area contributed by atoms with Gasteiger partial charge in [-0.05, 0) is 30.0 Å². The highest BCUT2D eigenvalue weighted by Gasteiger charge is 2.43. The van der Waals surface area contributed by atoms with Crippen LogP contribution in [0, 0.1) is 0 Å².